The van der Waals surface area contributed by atoms with E-state index in [2.05, 4.69) is 0 Å². The Balaban J connectivity index is 2.46. The number of nitrogens with zero attached hydrogens (tertiary/aromatic N) is 1. The van der Waals surface area contributed by atoms with Crippen molar-refractivity contribution in [3.63, 3.8) is 0 Å². The molecule has 0 fully saturated rings. The van der Waals surface area contributed by atoms with Crippen LogP contribution in [0.25, 0.3) is 11.1 Å². The largest absolute Gasteiger partial charge is 0.416 e. The normalized spacial score (nSPS) is 11.6. The number of hydrogen-bond donors (Lipinski definition) is 1. The minimum absolute atomic E-state index is 0.0555. The van der Waals surface area contributed by atoms with Crippen LogP contribution >= 0.6 is 0 Å². The first-order chi connectivity index (χ1) is 8.79. The molecular formula is C13H11F3N2O. The third-order valence-corrected chi connectivity index (χ3v) is 2.76. The van der Waals surface area contributed by atoms with Gasteiger partial charge in [-0.25, -0.2) is 0 Å². The van der Waals surface area contributed by atoms with Crippen LogP contribution in [0.4, 0.5) is 18.9 Å². The van der Waals surface area contributed by atoms with E-state index in [4.69, 9.17) is 5.73 Å². The van der Waals surface area contributed by atoms with Crippen LogP contribution in [0, 0.1) is 0 Å². The summed E-state index contributed by atoms with van der Waals surface area (Å²) in [4.78, 5) is 11.4. The Bertz CT molecular complexity index is 631. The first kappa shape index (κ1) is 13.2. The fraction of sp³-hybridized carbons (Fsp3) is 0.154. The Morgan fingerprint density at radius 2 is 1.68 bits per heavy atom. The van der Waals surface area contributed by atoms with Crippen LogP contribution in [0.1, 0.15) is 5.56 Å². The summed E-state index contributed by atoms with van der Waals surface area (Å²) in [6.45, 7) is 0. The monoisotopic (exact) mass is 268 g/mol. The first-order valence-electron chi connectivity index (χ1n) is 5.43. The average molecular weight is 268 g/mol. The summed E-state index contributed by atoms with van der Waals surface area (Å²) >= 11 is 0. The van der Waals surface area contributed by atoms with Gasteiger partial charge in [0.15, 0.2) is 0 Å². The Morgan fingerprint density at radius 3 is 2.16 bits per heavy atom. The van der Waals surface area contributed by atoms with Gasteiger partial charge in [0.2, 0.25) is 0 Å². The highest BCUT2D eigenvalue weighted by Gasteiger charge is 2.29. The molecule has 2 N–H and O–H groups in total. The SMILES string of the molecule is Cn1cc(-c2ccc(C(F)(F)F)cc2)cc(N)c1=O. The predicted octanol–water partition coefficient (Wildman–Crippen LogP) is 2.65. The molecule has 1 heterocycles. The molecule has 100 valence electrons. The number of aryl methyl sites for hydroxylation is 1. The molecule has 2 aromatic rings. The zero-order chi connectivity index (χ0) is 14.2. The second-order valence-corrected chi connectivity index (χ2v) is 4.18. The molecule has 2 rings (SSSR count). The number of benzene rings is 1. The number of nitrogen functional groups attached to an aromatic ring is 1. The summed E-state index contributed by atoms with van der Waals surface area (Å²) < 4.78 is 38.6. The van der Waals surface area contributed by atoms with Crippen molar-refractivity contribution in [3.05, 3.63) is 52.4 Å². The molecule has 0 amide bonds. The van der Waals surface area contributed by atoms with Crippen molar-refractivity contribution in [1.29, 1.82) is 0 Å². The Hall–Kier alpha value is -2.24. The Morgan fingerprint density at radius 1 is 1.11 bits per heavy atom. The van der Waals surface area contributed by atoms with E-state index in [1.54, 1.807) is 0 Å². The van der Waals surface area contributed by atoms with E-state index >= 15 is 0 Å². The lowest BCUT2D eigenvalue weighted by atomic mass is 10.1. The van der Waals surface area contributed by atoms with Crippen molar-refractivity contribution in [3.8, 4) is 11.1 Å². The number of hydrogen-bond acceptors (Lipinski definition) is 2. The molecule has 0 bridgehead atoms. The molecule has 0 saturated heterocycles. The highest BCUT2D eigenvalue weighted by Crippen LogP contribution is 2.30. The molecule has 0 aliphatic carbocycles. The van der Waals surface area contributed by atoms with E-state index in [-0.39, 0.29) is 11.2 Å². The van der Waals surface area contributed by atoms with Crippen molar-refractivity contribution >= 4 is 5.69 Å². The standard InChI is InChI=1S/C13H11F3N2O/c1-18-7-9(6-11(17)12(18)19)8-2-4-10(5-3-8)13(14,15)16/h2-7H,17H2,1H3. The van der Waals surface area contributed by atoms with E-state index in [0.29, 0.717) is 11.1 Å². The smallest absolute Gasteiger partial charge is 0.394 e. The summed E-state index contributed by atoms with van der Waals surface area (Å²) in [5.41, 5.74) is 5.71. The number of nitrogens with two attached hydrogens (primary N) is 1. The van der Waals surface area contributed by atoms with Crippen LogP contribution in [0.3, 0.4) is 0 Å². The van der Waals surface area contributed by atoms with Gasteiger partial charge in [0, 0.05) is 18.8 Å². The Labute approximate surface area is 107 Å². The maximum Gasteiger partial charge on any atom is 0.416 e. The maximum absolute atomic E-state index is 12.4. The van der Waals surface area contributed by atoms with Gasteiger partial charge in [-0.2, -0.15) is 13.2 Å². The first-order valence-corrected chi connectivity index (χ1v) is 5.43. The van der Waals surface area contributed by atoms with E-state index in [0.717, 1.165) is 12.1 Å². The topological polar surface area (TPSA) is 48.0 Å². The number of pyridine rings is 1. The molecule has 0 saturated carbocycles. The zero-order valence-corrected chi connectivity index (χ0v) is 10.0. The molecule has 3 nitrogen and oxygen atoms in total. The van der Waals surface area contributed by atoms with Gasteiger partial charge in [-0.3, -0.25) is 4.79 Å². The molecule has 0 aliphatic rings. The fourth-order valence-corrected chi connectivity index (χ4v) is 1.75. The minimum atomic E-state index is -4.36. The summed E-state index contributed by atoms with van der Waals surface area (Å²) in [6, 6.07) is 6.14. The summed E-state index contributed by atoms with van der Waals surface area (Å²) in [7, 11) is 1.53. The third kappa shape index (κ3) is 2.62. The van der Waals surface area contributed by atoms with Gasteiger partial charge in [-0.1, -0.05) is 12.1 Å². The van der Waals surface area contributed by atoms with Crippen LogP contribution in [0.15, 0.2) is 41.3 Å². The van der Waals surface area contributed by atoms with E-state index in [1.807, 2.05) is 0 Å². The second kappa shape index (κ2) is 4.46. The molecule has 0 atom stereocenters. The average Bonchev–Trinajstić information content (AvgIpc) is 2.34. The predicted molar refractivity (Wildman–Crippen MR) is 66.5 cm³/mol. The molecule has 0 spiro atoms. The molecule has 1 aromatic heterocycles. The highest BCUT2D eigenvalue weighted by molar-refractivity contribution is 5.66. The molecular weight excluding hydrogens is 257 g/mol. The number of aromatic nitrogens is 1. The van der Waals surface area contributed by atoms with E-state index in [1.165, 1.54) is 36.0 Å². The lowest BCUT2D eigenvalue weighted by Crippen LogP contribution is -2.19. The molecule has 19 heavy (non-hydrogen) atoms. The van der Waals surface area contributed by atoms with Gasteiger partial charge in [0.05, 0.1) is 11.3 Å². The quantitative estimate of drug-likeness (QED) is 0.864. The van der Waals surface area contributed by atoms with Crippen LogP contribution in [0.5, 0.6) is 0 Å². The molecule has 0 unspecified atom stereocenters. The van der Waals surface area contributed by atoms with Gasteiger partial charge in [0.1, 0.15) is 0 Å². The van der Waals surface area contributed by atoms with E-state index < -0.39 is 11.7 Å². The molecule has 0 aliphatic heterocycles. The van der Waals surface area contributed by atoms with Crippen LogP contribution in [-0.2, 0) is 13.2 Å². The third-order valence-electron chi connectivity index (χ3n) is 2.76. The van der Waals surface area contributed by atoms with Crippen molar-refractivity contribution in [2.75, 3.05) is 5.73 Å². The van der Waals surface area contributed by atoms with Crippen molar-refractivity contribution in [2.24, 2.45) is 7.05 Å². The van der Waals surface area contributed by atoms with Crippen molar-refractivity contribution < 1.29 is 13.2 Å². The van der Waals surface area contributed by atoms with Crippen molar-refractivity contribution in [2.45, 2.75) is 6.18 Å². The van der Waals surface area contributed by atoms with Gasteiger partial charge >= 0.3 is 6.18 Å². The number of rotatable bonds is 1. The highest BCUT2D eigenvalue weighted by atomic mass is 19.4. The summed E-state index contributed by atoms with van der Waals surface area (Å²) in [5, 5.41) is 0. The maximum atomic E-state index is 12.4. The lowest BCUT2D eigenvalue weighted by molar-refractivity contribution is -0.137. The molecule has 0 radical (unpaired) electrons. The van der Waals surface area contributed by atoms with Gasteiger partial charge < -0.3 is 10.3 Å². The van der Waals surface area contributed by atoms with Crippen LogP contribution < -0.4 is 11.3 Å². The lowest BCUT2D eigenvalue weighted by Gasteiger charge is -2.09. The van der Waals surface area contributed by atoms with Crippen LogP contribution in [0.2, 0.25) is 0 Å². The van der Waals surface area contributed by atoms with E-state index in [9.17, 15) is 18.0 Å². The molecule has 1 aromatic carbocycles. The van der Waals surface area contributed by atoms with Gasteiger partial charge in [-0.15, -0.1) is 0 Å². The Kier molecular flexibility index (Phi) is 3.09. The number of halogens is 3. The van der Waals surface area contributed by atoms with Gasteiger partial charge in [0.25, 0.3) is 5.56 Å². The zero-order valence-electron chi connectivity index (χ0n) is 10.0. The van der Waals surface area contributed by atoms with Crippen LogP contribution in [-0.4, -0.2) is 4.57 Å². The number of anilines is 1. The second-order valence-electron chi connectivity index (χ2n) is 4.18. The van der Waals surface area contributed by atoms with Crippen molar-refractivity contribution in [1.82, 2.24) is 4.57 Å². The minimum Gasteiger partial charge on any atom is -0.394 e. The summed E-state index contributed by atoms with van der Waals surface area (Å²) in [5.74, 6) is 0. The van der Waals surface area contributed by atoms with Gasteiger partial charge in [-0.05, 0) is 23.8 Å². The summed E-state index contributed by atoms with van der Waals surface area (Å²) in [6.07, 6.45) is -2.83. The molecule has 6 heteroatoms. The number of alkyl halides is 3. The fourth-order valence-electron chi connectivity index (χ4n) is 1.75.